The molecule has 30 heavy (non-hydrogen) atoms. The third-order valence-corrected chi connectivity index (χ3v) is 7.21. The molecular weight excluding hydrogens is 418 g/mol. The van der Waals surface area contributed by atoms with Crippen LogP contribution in [0.3, 0.4) is 0 Å². The van der Waals surface area contributed by atoms with Crippen LogP contribution in [-0.4, -0.2) is 29.9 Å². The predicted octanol–water partition coefficient (Wildman–Crippen LogP) is 4.65. The lowest BCUT2D eigenvalue weighted by Crippen LogP contribution is -2.12. The maximum atomic E-state index is 13.0. The standard InChI is InChI=1S/C22H19N3O3S2/c1-2-30(27,28)18-12-10-16(11-13-18)23-22(26)19-15-25(17-7-4-3-5-8-17)24-21(19)20-9-6-14-29-20/h3-15H,2H2,1H3,(H,23,26). The largest absolute Gasteiger partial charge is 0.322 e. The number of benzene rings is 2. The molecule has 0 bridgehead atoms. The molecule has 0 spiro atoms. The Morgan fingerprint density at radius 3 is 2.40 bits per heavy atom. The number of aromatic nitrogens is 2. The van der Waals surface area contributed by atoms with Crippen molar-refractivity contribution in [2.24, 2.45) is 0 Å². The first-order valence-electron chi connectivity index (χ1n) is 9.31. The first-order valence-corrected chi connectivity index (χ1v) is 11.8. The van der Waals surface area contributed by atoms with E-state index in [-0.39, 0.29) is 16.6 Å². The maximum absolute atomic E-state index is 13.0. The van der Waals surface area contributed by atoms with Gasteiger partial charge in [-0.05, 0) is 47.8 Å². The minimum Gasteiger partial charge on any atom is -0.322 e. The molecule has 2 heterocycles. The van der Waals surface area contributed by atoms with Crippen molar-refractivity contribution >= 4 is 32.8 Å². The number of hydrogen-bond donors (Lipinski definition) is 1. The molecule has 0 unspecified atom stereocenters. The molecule has 0 radical (unpaired) electrons. The van der Waals surface area contributed by atoms with E-state index in [9.17, 15) is 13.2 Å². The second-order valence-corrected chi connectivity index (χ2v) is 9.76. The highest BCUT2D eigenvalue weighted by atomic mass is 32.2. The van der Waals surface area contributed by atoms with Crippen LogP contribution in [0.5, 0.6) is 0 Å². The van der Waals surface area contributed by atoms with Crippen molar-refractivity contribution in [1.82, 2.24) is 9.78 Å². The lowest BCUT2D eigenvalue weighted by molar-refractivity contribution is 0.102. The summed E-state index contributed by atoms with van der Waals surface area (Å²) in [6.07, 6.45) is 1.70. The van der Waals surface area contributed by atoms with E-state index in [4.69, 9.17) is 0 Å². The van der Waals surface area contributed by atoms with Gasteiger partial charge in [0.1, 0.15) is 5.69 Å². The number of anilines is 1. The van der Waals surface area contributed by atoms with Gasteiger partial charge in [0.25, 0.3) is 5.91 Å². The number of rotatable bonds is 6. The van der Waals surface area contributed by atoms with E-state index in [1.54, 1.807) is 29.9 Å². The highest BCUT2D eigenvalue weighted by molar-refractivity contribution is 7.91. The Hall–Kier alpha value is -3.23. The summed E-state index contributed by atoms with van der Waals surface area (Å²) in [5, 5.41) is 9.41. The van der Waals surface area contributed by atoms with E-state index in [0.717, 1.165) is 10.6 Å². The Kier molecular flexibility index (Phi) is 5.52. The van der Waals surface area contributed by atoms with Crippen molar-refractivity contribution in [2.45, 2.75) is 11.8 Å². The quantitative estimate of drug-likeness (QED) is 0.476. The van der Waals surface area contributed by atoms with Gasteiger partial charge in [-0.1, -0.05) is 31.2 Å². The van der Waals surface area contributed by atoms with Crippen molar-refractivity contribution in [1.29, 1.82) is 0 Å². The molecule has 4 aromatic rings. The third-order valence-electron chi connectivity index (χ3n) is 4.59. The molecule has 8 heteroatoms. The van der Waals surface area contributed by atoms with Gasteiger partial charge in [-0.25, -0.2) is 13.1 Å². The molecule has 0 aliphatic heterocycles. The van der Waals surface area contributed by atoms with Crippen LogP contribution in [-0.2, 0) is 9.84 Å². The number of hydrogen-bond acceptors (Lipinski definition) is 5. The summed E-state index contributed by atoms with van der Waals surface area (Å²) in [7, 11) is -3.28. The van der Waals surface area contributed by atoms with Gasteiger partial charge >= 0.3 is 0 Å². The molecule has 1 N–H and O–H groups in total. The van der Waals surface area contributed by atoms with Gasteiger partial charge in [0.15, 0.2) is 9.84 Å². The van der Waals surface area contributed by atoms with E-state index < -0.39 is 9.84 Å². The zero-order valence-corrected chi connectivity index (χ0v) is 17.8. The minimum atomic E-state index is -3.28. The molecule has 0 aliphatic rings. The van der Waals surface area contributed by atoms with Gasteiger partial charge in [-0.2, -0.15) is 5.10 Å². The van der Waals surface area contributed by atoms with Gasteiger partial charge in [-0.3, -0.25) is 4.79 Å². The number of thiophene rings is 1. The van der Waals surface area contributed by atoms with Crippen LogP contribution in [0, 0.1) is 0 Å². The molecule has 0 fully saturated rings. The summed E-state index contributed by atoms with van der Waals surface area (Å²) in [6, 6.07) is 19.6. The molecule has 6 nitrogen and oxygen atoms in total. The van der Waals surface area contributed by atoms with Crippen LogP contribution in [0.1, 0.15) is 17.3 Å². The van der Waals surface area contributed by atoms with Crippen LogP contribution in [0.2, 0.25) is 0 Å². The first-order chi connectivity index (χ1) is 14.5. The van der Waals surface area contributed by atoms with Crippen molar-refractivity contribution in [3.8, 4) is 16.3 Å². The summed E-state index contributed by atoms with van der Waals surface area (Å²) >= 11 is 1.51. The number of para-hydroxylation sites is 1. The lowest BCUT2D eigenvalue weighted by Gasteiger charge is -2.06. The normalized spacial score (nSPS) is 11.4. The van der Waals surface area contributed by atoms with E-state index in [1.807, 2.05) is 47.8 Å². The molecule has 4 rings (SSSR count). The van der Waals surface area contributed by atoms with Crippen LogP contribution >= 0.6 is 11.3 Å². The highest BCUT2D eigenvalue weighted by Crippen LogP contribution is 2.28. The minimum absolute atomic E-state index is 0.0293. The predicted molar refractivity (Wildman–Crippen MR) is 119 cm³/mol. The number of nitrogens with zero attached hydrogens (tertiary/aromatic N) is 2. The maximum Gasteiger partial charge on any atom is 0.259 e. The van der Waals surface area contributed by atoms with Gasteiger partial charge in [0, 0.05) is 11.9 Å². The van der Waals surface area contributed by atoms with Gasteiger partial charge in [0.2, 0.25) is 0 Å². The number of sulfone groups is 1. The lowest BCUT2D eigenvalue weighted by atomic mass is 10.2. The molecule has 152 valence electrons. The average molecular weight is 438 g/mol. The second-order valence-electron chi connectivity index (χ2n) is 6.53. The summed E-state index contributed by atoms with van der Waals surface area (Å²) in [6.45, 7) is 1.60. The van der Waals surface area contributed by atoms with E-state index in [0.29, 0.717) is 16.9 Å². The smallest absolute Gasteiger partial charge is 0.259 e. The Labute approximate surface area is 178 Å². The van der Waals surface area contributed by atoms with Crippen LogP contribution in [0.15, 0.2) is 83.2 Å². The Bertz CT molecular complexity index is 1260. The fourth-order valence-corrected chi connectivity index (χ4v) is 4.57. The number of carbonyl (C=O) groups is 1. The van der Waals surface area contributed by atoms with Crippen LogP contribution in [0.4, 0.5) is 5.69 Å². The fraction of sp³-hybridized carbons (Fsp3) is 0.0909. The number of amides is 1. The molecule has 2 aromatic carbocycles. The van der Waals surface area contributed by atoms with Gasteiger partial charge in [-0.15, -0.1) is 11.3 Å². The number of nitrogens with one attached hydrogen (secondary N) is 1. The van der Waals surface area contributed by atoms with Gasteiger partial charge < -0.3 is 5.32 Å². The van der Waals surface area contributed by atoms with Gasteiger partial charge in [0.05, 0.1) is 26.8 Å². The monoisotopic (exact) mass is 437 g/mol. The molecule has 0 aliphatic carbocycles. The van der Waals surface area contributed by atoms with Crippen molar-refractivity contribution in [2.75, 3.05) is 11.1 Å². The average Bonchev–Trinajstić information content (AvgIpc) is 3.45. The summed E-state index contributed by atoms with van der Waals surface area (Å²) in [4.78, 5) is 14.2. The van der Waals surface area contributed by atoms with Crippen molar-refractivity contribution in [3.63, 3.8) is 0 Å². The second kappa shape index (κ2) is 8.25. The fourth-order valence-electron chi connectivity index (χ4n) is 2.96. The third kappa shape index (κ3) is 4.05. The van der Waals surface area contributed by atoms with E-state index in [1.165, 1.54) is 23.5 Å². The summed E-state index contributed by atoms with van der Waals surface area (Å²) < 4.78 is 25.6. The topological polar surface area (TPSA) is 81.1 Å². The molecule has 1 amide bonds. The zero-order valence-electron chi connectivity index (χ0n) is 16.1. The Balaban J connectivity index is 1.66. The van der Waals surface area contributed by atoms with Crippen molar-refractivity contribution < 1.29 is 13.2 Å². The number of carbonyl (C=O) groups excluding carboxylic acids is 1. The van der Waals surface area contributed by atoms with E-state index in [2.05, 4.69) is 10.4 Å². The zero-order chi connectivity index (χ0) is 21.1. The summed E-state index contributed by atoms with van der Waals surface area (Å²) in [5.41, 5.74) is 2.39. The first kappa shape index (κ1) is 20.1. The molecule has 0 saturated heterocycles. The Morgan fingerprint density at radius 1 is 1.03 bits per heavy atom. The highest BCUT2D eigenvalue weighted by Gasteiger charge is 2.20. The van der Waals surface area contributed by atoms with Crippen LogP contribution in [0.25, 0.3) is 16.3 Å². The Morgan fingerprint density at radius 2 is 1.77 bits per heavy atom. The van der Waals surface area contributed by atoms with Crippen LogP contribution < -0.4 is 5.32 Å². The van der Waals surface area contributed by atoms with Crippen molar-refractivity contribution in [3.05, 3.63) is 83.9 Å². The van der Waals surface area contributed by atoms with E-state index >= 15 is 0 Å². The molecule has 2 aromatic heterocycles. The molecule has 0 atom stereocenters. The molecular formula is C22H19N3O3S2. The molecule has 0 saturated carbocycles. The summed E-state index contributed by atoms with van der Waals surface area (Å²) in [5.74, 6) is -0.284. The SMILES string of the molecule is CCS(=O)(=O)c1ccc(NC(=O)c2cn(-c3ccccc3)nc2-c2cccs2)cc1.